The molecule has 3 N–H and O–H groups in total. The predicted octanol–water partition coefficient (Wildman–Crippen LogP) is 0.615. The highest BCUT2D eigenvalue weighted by molar-refractivity contribution is 5.68. The summed E-state index contributed by atoms with van der Waals surface area (Å²) in [5, 5.41) is 6.64. The number of hydrogen-bond donors (Lipinski definition) is 2. The van der Waals surface area contributed by atoms with Crippen molar-refractivity contribution in [3.8, 4) is 0 Å². The molecular weight excluding hydrogens is 116 g/mol. The second-order valence-electron chi connectivity index (χ2n) is 2.05. The molecular formula is C6H10N2O. The summed E-state index contributed by atoms with van der Waals surface area (Å²) in [5.74, 6) is 0.354. The predicted molar refractivity (Wildman–Crippen MR) is 35.2 cm³/mol. The lowest BCUT2D eigenvalue weighted by atomic mass is 10.6. The van der Waals surface area contributed by atoms with Gasteiger partial charge in [-0.25, -0.2) is 0 Å². The van der Waals surface area contributed by atoms with Crippen LogP contribution >= 0.6 is 0 Å². The van der Waals surface area contributed by atoms with E-state index in [1.54, 1.807) is 0 Å². The van der Waals surface area contributed by atoms with E-state index in [0.717, 1.165) is 19.1 Å². The summed E-state index contributed by atoms with van der Waals surface area (Å²) < 4.78 is 5.09. The van der Waals surface area contributed by atoms with Gasteiger partial charge >= 0.3 is 0 Å². The quantitative estimate of drug-likeness (QED) is 0.430. The van der Waals surface area contributed by atoms with Crippen molar-refractivity contribution in [1.82, 2.24) is 0 Å². The second-order valence-corrected chi connectivity index (χ2v) is 2.05. The SMILES string of the molecule is N=CC=C(N)OC1CC1. The van der Waals surface area contributed by atoms with Crippen LogP contribution < -0.4 is 5.73 Å². The molecule has 0 aromatic heterocycles. The van der Waals surface area contributed by atoms with Crippen molar-refractivity contribution in [2.75, 3.05) is 0 Å². The standard InChI is InChI=1S/C6H10N2O/c7-4-3-6(8)9-5-1-2-5/h3-5,7H,1-2,8H2. The molecule has 1 saturated carbocycles. The first-order valence-corrected chi connectivity index (χ1v) is 2.96. The Bertz CT molecular complexity index is 138. The maximum Gasteiger partial charge on any atom is 0.185 e. The first-order chi connectivity index (χ1) is 4.33. The van der Waals surface area contributed by atoms with E-state index >= 15 is 0 Å². The Labute approximate surface area is 54.0 Å². The van der Waals surface area contributed by atoms with Crippen LogP contribution in [-0.2, 0) is 4.74 Å². The first-order valence-electron chi connectivity index (χ1n) is 2.96. The molecule has 0 radical (unpaired) electrons. The van der Waals surface area contributed by atoms with E-state index in [1.165, 1.54) is 6.08 Å². The summed E-state index contributed by atoms with van der Waals surface area (Å²) >= 11 is 0. The van der Waals surface area contributed by atoms with E-state index in [-0.39, 0.29) is 0 Å². The van der Waals surface area contributed by atoms with Gasteiger partial charge in [-0.1, -0.05) is 0 Å². The molecule has 0 unspecified atom stereocenters. The van der Waals surface area contributed by atoms with Crippen LogP contribution in [0.25, 0.3) is 0 Å². The minimum absolute atomic E-state index is 0.334. The zero-order valence-corrected chi connectivity index (χ0v) is 5.13. The van der Waals surface area contributed by atoms with Crippen molar-refractivity contribution >= 4 is 6.21 Å². The second kappa shape index (κ2) is 2.53. The van der Waals surface area contributed by atoms with Gasteiger partial charge in [0.25, 0.3) is 0 Å². The molecule has 9 heavy (non-hydrogen) atoms. The molecule has 0 aromatic rings. The number of ether oxygens (including phenoxy) is 1. The summed E-state index contributed by atoms with van der Waals surface area (Å²) in [7, 11) is 0. The van der Waals surface area contributed by atoms with Crippen LogP contribution in [0.3, 0.4) is 0 Å². The van der Waals surface area contributed by atoms with Crippen LogP contribution in [0.15, 0.2) is 12.0 Å². The monoisotopic (exact) mass is 126 g/mol. The van der Waals surface area contributed by atoms with Crippen LogP contribution in [-0.4, -0.2) is 12.3 Å². The largest absolute Gasteiger partial charge is 0.476 e. The number of nitrogens with one attached hydrogen (secondary N) is 1. The average molecular weight is 126 g/mol. The maximum atomic E-state index is 6.64. The lowest BCUT2D eigenvalue weighted by molar-refractivity contribution is 0.195. The van der Waals surface area contributed by atoms with Gasteiger partial charge in [0.2, 0.25) is 0 Å². The molecule has 50 valence electrons. The highest BCUT2D eigenvalue weighted by atomic mass is 16.5. The first kappa shape index (κ1) is 6.13. The van der Waals surface area contributed by atoms with Crippen LogP contribution in [0.2, 0.25) is 0 Å². The van der Waals surface area contributed by atoms with Gasteiger partial charge in [-0.15, -0.1) is 0 Å². The average Bonchev–Trinajstić information content (AvgIpc) is 2.50. The molecule has 0 aromatic carbocycles. The Morgan fingerprint density at radius 3 is 2.78 bits per heavy atom. The third-order valence-electron chi connectivity index (χ3n) is 1.07. The maximum absolute atomic E-state index is 6.64. The van der Waals surface area contributed by atoms with Crippen LogP contribution in [0, 0.1) is 5.41 Å². The number of rotatable bonds is 3. The summed E-state index contributed by atoms with van der Waals surface area (Å²) in [6.07, 6.45) is 5.11. The van der Waals surface area contributed by atoms with E-state index in [9.17, 15) is 0 Å². The zero-order valence-electron chi connectivity index (χ0n) is 5.13. The number of nitrogens with two attached hydrogens (primary N) is 1. The van der Waals surface area contributed by atoms with Gasteiger partial charge in [-0.05, 0) is 12.8 Å². The van der Waals surface area contributed by atoms with Crippen molar-refractivity contribution in [3.63, 3.8) is 0 Å². The van der Waals surface area contributed by atoms with Crippen molar-refractivity contribution in [3.05, 3.63) is 12.0 Å². The summed E-state index contributed by atoms with van der Waals surface area (Å²) in [6, 6.07) is 0. The molecule has 0 aliphatic heterocycles. The number of hydrogen-bond acceptors (Lipinski definition) is 3. The Morgan fingerprint density at radius 2 is 2.33 bits per heavy atom. The Balaban J connectivity index is 2.23. The lowest BCUT2D eigenvalue weighted by Crippen LogP contribution is -2.03. The fourth-order valence-corrected chi connectivity index (χ4v) is 0.500. The normalized spacial score (nSPS) is 19.3. The molecule has 1 rings (SSSR count). The summed E-state index contributed by atoms with van der Waals surface area (Å²) in [4.78, 5) is 0. The molecule has 0 heterocycles. The Morgan fingerprint density at radius 1 is 1.67 bits per heavy atom. The van der Waals surface area contributed by atoms with Crippen molar-refractivity contribution in [2.24, 2.45) is 5.73 Å². The molecule has 1 aliphatic carbocycles. The summed E-state index contributed by atoms with van der Waals surface area (Å²) in [5.41, 5.74) is 5.31. The molecule has 0 bridgehead atoms. The Kier molecular flexibility index (Phi) is 1.72. The van der Waals surface area contributed by atoms with E-state index in [4.69, 9.17) is 15.9 Å². The molecule has 0 atom stereocenters. The van der Waals surface area contributed by atoms with Crippen molar-refractivity contribution in [1.29, 1.82) is 5.41 Å². The highest BCUT2D eigenvalue weighted by Crippen LogP contribution is 2.24. The van der Waals surface area contributed by atoms with Gasteiger partial charge in [0.15, 0.2) is 5.88 Å². The molecule has 0 amide bonds. The lowest BCUT2D eigenvalue weighted by Gasteiger charge is -2.00. The fraction of sp³-hybridized carbons (Fsp3) is 0.500. The van der Waals surface area contributed by atoms with E-state index in [1.807, 2.05) is 0 Å². The minimum atomic E-state index is 0.334. The molecule has 3 nitrogen and oxygen atoms in total. The Hall–Kier alpha value is -0.990. The van der Waals surface area contributed by atoms with Gasteiger partial charge in [0, 0.05) is 12.3 Å². The van der Waals surface area contributed by atoms with Crippen LogP contribution in [0.5, 0.6) is 0 Å². The fourth-order valence-electron chi connectivity index (χ4n) is 0.500. The number of allylic oxidation sites excluding steroid dienone is 1. The smallest absolute Gasteiger partial charge is 0.185 e. The van der Waals surface area contributed by atoms with Crippen molar-refractivity contribution in [2.45, 2.75) is 18.9 Å². The minimum Gasteiger partial charge on any atom is -0.476 e. The van der Waals surface area contributed by atoms with Crippen LogP contribution in [0.4, 0.5) is 0 Å². The molecule has 3 heteroatoms. The molecule has 0 saturated heterocycles. The third kappa shape index (κ3) is 2.17. The van der Waals surface area contributed by atoms with Crippen molar-refractivity contribution < 1.29 is 4.74 Å². The van der Waals surface area contributed by atoms with Gasteiger partial charge in [0.1, 0.15) is 6.10 Å². The molecule has 1 aliphatic rings. The highest BCUT2D eigenvalue weighted by Gasteiger charge is 2.23. The van der Waals surface area contributed by atoms with Gasteiger partial charge in [-0.3, -0.25) is 0 Å². The zero-order chi connectivity index (χ0) is 6.69. The topological polar surface area (TPSA) is 59.1 Å². The van der Waals surface area contributed by atoms with E-state index < -0.39 is 0 Å². The van der Waals surface area contributed by atoms with Crippen LogP contribution in [0.1, 0.15) is 12.8 Å². The van der Waals surface area contributed by atoms with E-state index in [2.05, 4.69) is 0 Å². The van der Waals surface area contributed by atoms with Gasteiger partial charge in [-0.2, -0.15) is 0 Å². The van der Waals surface area contributed by atoms with Gasteiger partial charge < -0.3 is 15.9 Å². The van der Waals surface area contributed by atoms with E-state index in [0.29, 0.717) is 12.0 Å². The summed E-state index contributed by atoms with van der Waals surface area (Å²) in [6.45, 7) is 0. The van der Waals surface area contributed by atoms with Gasteiger partial charge in [0.05, 0.1) is 0 Å². The molecule has 0 spiro atoms. The molecule has 1 fully saturated rings. The third-order valence-corrected chi connectivity index (χ3v) is 1.07.